The maximum absolute atomic E-state index is 2.41. The molecule has 0 fully saturated rings. The number of hydrogen-bond acceptors (Lipinski definition) is 1. The van der Waals surface area contributed by atoms with Crippen LogP contribution in [0.1, 0.15) is 37.3 Å². The van der Waals surface area contributed by atoms with Gasteiger partial charge in [0, 0.05) is 20.2 Å². The molecule has 1 aromatic heterocycles. The summed E-state index contributed by atoms with van der Waals surface area (Å²) in [5.41, 5.74) is 9.02. The molecule has 0 saturated carbocycles. The van der Waals surface area contributed by atoms with Gasteiger partial charge in [-0.05, 0) is 116 Å². The van der Waals surface area contributed by atoms with Crippen LogP contribution in [0.3, 0.4) is 0 Å². The van der Waals surface area contributed by atoms with Gasteiger partial charge in [-0.3, -0.25) is 0 Å². The summed E-state index contributed by atoms with van der Waals surface area (Å²) in [6, 6.07) is 53.8. The lowest BCUT2D eigenvalue weighted by molar-refractivity contribution is 0.825. The molecule has 1 heterocycles. The van der Waals surface area contributed by atoms with E-state index in [1.165, 1.54) is 93.5 Å². The normalized spacial score (nSPS) is 12.1. The molecule has 0 saturated heterocycles. The van der Waals surface area contributed by atoms with Gasteiger partial charge in [0.15, 0.2) is 0 Å². The minimum Gasteiger partial charge on any atom is -0.135 e. The summed E-state index contributed by atoms with van der Waals surface area (Å²) in [4.78, 5) is 0. The van der Waals surface area contributed by atoms with Crippen molar-refractivity contribution in [3.05, 3.63) is 157 Å². The van der Waals surface area contributed by atoms with E-state index in [0.717, 1.165) is 6.42 Å². The van der Waals surface area contributed by atoms with E-state index in [0.29, 0.717) is 0 Å². The van der Waals surface area contributed by atoms with Gasteiger partial charge in [-0.15, -0.1) is 11.3 Å². The van der Waals surface area contributed by atoms with Gasteiger partial charge < -0.3 is 0 Å². The van der Waals surface area contributed by atoms with Crippen LogP contribution in [0.2, 0.25) is 0 Å². The molecule has 8 aromatic rings. The highest BCUT2D eigenvalue weighted by atomic mass is 32.1. The number of fused-ring (bicyclic) bond motifs is 5. The van der Waals surface area contributed by atoms with Crippen LogP contribution in [0.5, 0.6) is 0 Å². The predicted octanol–water partition coefficient (Wildman–Crippen LogP) is 13.4. The van der Waals surface area contributed by atoms with Crippen molar-refractivity contribution in [2.24, 2.45) is 0 Å². The molecular formula is C44H34S. The fraction of sp³-hybridized carbons (Fsp3) is 0.0909. The van der Waals surface area contributed by atoms with E-state index in [1.807, 2.05) is 11.3 Å². The van der Waals surface area contributed by atoms with Crippen LogP contribution in [0.15, 0.2) is 146 Å². The monoisotopic (exact) mass is 594 g/mol. The van der Waals surface area contributed by atoms with E-state index in [2.05, 4.69) is 159 Å². The Morgan fingerprint density at radius 3 is 2.02 bits per heavy atom. The fourth-order valence-electron chi connectivity index (χ4n) is 6.65. The highest BCUT2D eigenvalue weighted by Crippen LogP contribution is 2.39. The lowest BCUT2D eigenvalue weighted by Gasteiger charge is -2.14. The van der Waals surface area contributed by atoms with Gasteiger partial charge in [-0.25, -0.2) is 0 Å². The highest BCUT2D eigenvalue weighted by Gasteiger charge is 2.12. The quantitative estimate of drug-likeness (QED) is 0.161. The summed E-state index contributed by atoms with van der Waals surface area (Å²) in [5, 5.41) is 7.79. The number of rotatable bonds is 7. The van der Waals surface area contributed by atoms with Gasteiger partial charge >= 0.3 is 0 Å². The van der Waals surface area contributed by atoms with E-state index in [9.17, 15) is 0 Å². The topological polar surface area (TPSA) is 0 Å². The zero-order chi connectivity index (χ0) is 30.2. The average molecular weight is 595 g/mol. The summed E-state index contributed by atoms with van der Waals surface area (Å²) in [7, 11) is 0. The molecule has 0 aliphatic rings. The summed E-state index contributed by atoms with van der Waals surface area (Å²) < 4.78 is 2.72. The summed E-state index contributed by atoms with van der Waals surface area (Å²) in [6.07, 6.45) is 5.85. The number of benzene rings is 7. The van der Waals surface area contributed by atoms with Crippen molar-refractivity contribution >= 4 is 64.7 Å². The first-order chi connectivity index (χ1) is 22.2. The van der Waals surface area contributed by atoms with Crippen molar-refractivity contribution in [2.75, 3.05) is 0 Å². The molecule has 8 rings (SSSR count). The predicted molar refractivity (Wildman–Crippen MR) is 199 cm³/mol. The van der Waals surface area contributed by atoms with Gasteiger partial charge in [-0.1, -0.05) is 123 Å². The van der Waals surface area contributed by atoms with Crippen molar-refractivity contribution < 1.29 is 0 Å². The van der Waals surface area contributed by atoms with Crippen molar-refractivity contribution in [1.29, 1.82) is 0 Å². The molecule has 0 atom stereocenters. The molecule has 0 amide bonds. The van der Waals surface area contributed by atoms with Crippen LogP contribution in [-0.2, 0) is 0 Å². The number of unbranched alkanes of at least 4 members (excludes halogenated alkanes) is 1. The van der Waals surface area contributed by atoms with Crippen LogP contribution >= 0.6 is 11.3 Å². The smallest absolute Gasteiger partial charge is 0.0355 e. The molecule has 0 aliphatic carbocycles. The third-order valence-electron chi connectivity index (χ3n) is 9.03. The molecule has 0 N–H and O–H groups in total. The number of allylic oxidation sites excluding steroid dienone is 1. The highest BCUT2D eigenvalue weighted by molar-refractivity contribution is 7.25. The Labute approximate surface area is 268 Å². The van der Waals surface area contributed by atoms with Gasteiger partial charge in [0.1, 0.15) is 0 Å². The van der Waals surface area contributed by atoms with Crippen LogP contribution in [0.25, 0.3) is 75.6 Å². The first-order valence-corrected chi connectivity index (χ1v) is 16.8. The molecule has 0 bridgehead atoms. The Balaban J connectivity index is 1.19. The lowest BCUT2D eigenvalue weighted by Crippen LogP contribution is -1.88. The third kappa shape index (κ3) is 5.35. The van der Waals surface area contributed by atoms with E-state index in [4.69, 9.17) is 0 Å². The van der Waals surface area contributed by atoms with Crippen molar-refractivity contribution in [3.63, 3.8) is 0 Å². The second-order valence-corrected chi connectivity index (χ2v) is 13.1. The van der Waals surface area contributed by atoms with E-state index >= 15 is 0 Å². The second kappa shape index (κ2) is 11.8. The zero-order valence-electron chi connectivity index (χ0n) is 25.5. The first kappa shape index (κ1) is 27.6. The fourth-order valence-corrected chi connectivity index (χ4v) is 7.74. The summed E-state index contributed by atoms with van der Waals surface area (Å²) >= 11 is 1.89. The van der Waals surface area contributed by atoms with Crippen LogP contribution in [0, 0.1) is 0 Å². The SMILES string of the molecule is CCCC/C(=C\c1ccc2cc(-c3cc4ccccc4cc3-c3ccccc3)ccc2c1)c1ccc2sc3ccccc3c2c1. The van der Waals surface area contributed by atoms with Gasteiger partial charge in [0.2, 0.25) is 0 Å². The lowest BCUT2D eigenvalue weighted by atomic mass is 9.90. The minimum atomic E-state index is 1.07. The molecule has 45 heavy (non-hydrogen) atoms. The van der Waals surface area contributed by atoms with E-state index in [1.54, 1.807) is 0 Å². The third-order valence-corrected chi connectivity index (χ3v) is 10.2. The van der Waals surface area contributed by atoms with Crippen molar-refractivity contribution in [2.45, 2.75) is 26.2 Å². The minimum absolute atomic E-state index is 1.07. The molecule has 7 aromatic carbocycles. The average Bonchev–Trinajstić information content (AvgIpc) is 3.47. The zero-order valence-corrected chi connectivity index (χ0v) is 26.3. The number of hydrogen-bond donors (Lipinski definition) is 0. The van der Waals surface area contributed by atoms with Crippen LogP contribution < -0.4 is 0 Å². The van der Waals surface area contributed by atoms with Crippen LogP contribution in [0.4, 0.5) is 0 Å². The molecule has 0 spiro atoms. The first-order valence-electron chi connectivity index (χ1n) is 16.0. The Bertz CT molecular complexity index is 2350. The molecule has 216 valence electrons. The van der Waals surface area contributed by atoms with Crippen molar-refractivity contribution in [1.82, 2.24) is 0 Å². The molecule has 1 heteroatoms. The molecule has 0 aliphatic heterocycles. The summed E-state index contributed by atoms with van der Waals surface area (Å²) in [5.74, 6) is 0. The van der Waals surface area contributed by atoms with Gasteiger partial charge in [0.25, 0.3) is 0 Å². The Kier molecular flexibility index (Phi) is 7.25. The maximum Gasteiger partial charge on any atom is 0.0355 e. The molecule has 0 unspecified atom stereocenters. The summed E-state index contributed by atoms with van der Waals surface area (Å²) in [6.45, 7) is 2.28. The number of thiophene rings is 1. The molecular weight excluding hydrogens is 561 g/mol. The van der Waals surface area contributed by atoms with Gasteiger partial charge in [-0.2, -0.15) is 0 Å². The van der Waals surface area contributed by atoms with E-state index in [-0.39, 0.29) is 0 Å². The standard InChI is InChI=1S/C44H34S/c1-2-3-11-32(37-22-23-44-42(29-37)39-16-9-10-17-43(39)45-44)24-30-18-19-36-26-38(21-20-35(36)25-30)41-28-34-15-8-7-14-33(34)27-40(41)31-12-5-4-6-13-31/h4-10,12-29H,2-3,11H2,1H3/b32-24+. The van der Waals surface area contributed by atoms with Crippen molar-refractivity contribution in [3.8, 4) is 22.3 Å². The largest absolute Gasteiger partial charge is 0.135 e. The van der Waals surface area contributed by atoms with Gasteiger partial charge in [0.05, 0.1) is 0 Å². The molecule has 0 nitrogen and oxygen atoms in total. The Morgan fingerprint density at radius 1 is 0.533 bits per heavy atom. The van der Waals surface area contributed by atoms with Crippen LogP contribution in [-0.4, -0.2) is 0 Å². The molecule has 0 radical (unpaired) electrons. The maximum atomic E-state index is 2.41. The second-order valence-electron chi connectivity index (χ2n) is 12.0. The van der Waals surface area contributed by atoms with E-state index < -0.39 is 0 Å². The Hall–Kier alpha value is -4.98. The Morgan fingerprint density at radius 2 is 1.20 bits per heavy atom.